The van der Waals surface area contributed by atoms with Gasteiger partial charge in [-0.05, 0) is 20.8 Å². The fraction of sp³-hybridized carbons (Fsp3) is 0.385. The summed E-state index contributed by atoms with van der Waals surface area (Å²) in [5.41, 5.74) is 2.40. The Kier molecular flexibility index (Phi) is 5.02. The summed E-state index contributed by atoms with van der Waals surface area (Å²) in [4.78, 5) is 22.2. The number of nitrogens with zero attached hydrogens (tertiary/aromatic N) is 6. The predicted octanol–water partition coefficient (Wildman–Crippen LogP) is 1.17. The molecule has 1 atom stereocenters. The van der Waals surface area contributed by atoms with Crippen LogP contribution in [0, 0.1) is 23.0 Å². The van der Waals surface area contributed by atoms with Crippen molar-refractivity contribution in [2.75, 3.05) is 0 Å². The third kappa shape index (κ3) is 3.45. The predicted molar refractivity (Wildman–Crippen MR) is 81.9 cm³/mol. The third-order valence-corrected chi connectivity index (χ3v) is 3.34. The highest BCUT2D eigenvalue weighted by atomic mass is 19.1. The molecular weight excluding hydrogens is 321 g/mol. The van der Waals surface area contributed by atoms with E-state index in [1.165, 1.54) is 30.9 Å². The highest BCUT2D eigenvalue weighted by Gasteiger charge is 2.21. The Morgan fingerprint density at radius 1 is 1.62 bits per heavy atom. The molecule has 10 nitrogen and oxygen atoms in total. The quantitative estimate of drug-likeness (QED) is 0.482. The van der Waals surface area contributed by atoms with Gasteiger partial charge in [-0.2, -0.15) is 19.7 Å². The minimum Gasteiger partial charge on any atom is -0.271 e. The van der Waals surface area contributed by atoms with Crippen molar-refractivity contribution in [3.05, 3.63) is 39.7 Å². The summed E-state index contributed by atoms with van der Waals surface area (Å²) in [5, 5.41) is 22.2. The Balaban J connectivity index is 2.03. The first-order valence-corrected chi connectivity index (χ1v) is 7.09. The largest absolute Gasteiger partial charge is 0.309 e. The second-order valence-corrected chi connectivity index (χ2v) is 4.95. The van der Waals surface area contributed by atoms with Crippen LogP contribution in [-0.4, -0.2) is 36.6 Å². The van der Waals surface area contributed by atoms with E-state index >= 15 is 0 Å². The highest BCUT2D eigenvalue weighted by Crippen LogP contribution is 2.18. The molecule has 0 aliphatic carbocycles. The molecule has 0 aromatic carbocycles. The maximum absolute atomic E-state index is 13.7. The molecule has 0 fully saturated rings. The van der Waals surface area contributed by atoms with Crippen LogP contribution >= 0.6 is 0 Å². The van der Waals surface area contributed by atoms with Gasteiger partial charge in [0, 0.05) is 6.54 Å². The van der Waals surface area contributed by atoms with Gasteiger partial charge in [-0.3, -0.25) is 19.6 Å². The number of aromatic nitrogens is 4. The van der Waals surface area contributed by atoms with E-state index in [4.69, 9.17) is 0 Å². The molecule has 0 saturated heterocycles. The first kappa shape index (κ1) is 17.2. The average Bonchev–Trinajstić information content (AvgIpc) is 3.10. The Bertz CT molecular complexity index is 796. The summed E-state index contributed by atoms with van der Waals surface area (Å²) in [5.74, 6) is -1.10. The van der Waals surface area contributed by atoms with Crippen LogP contribution in [-0.2, 0) is 11.3 Å². The van der Waals surface area contributed by atoms with E-state index in [0.717, 1.165) is 10.9 Å². The molecular formula is C13H16FN7O3. The number of aryl methyl sites for hydroxylation is 2. The topological polar surface area (TPSA) is 120 Å². The maximum Gasteiger partial charge on any atom is 0.309 e. The lowest BCUT2D eigenvalue weighted by molar-refractivity contribution is -0.385. The Morgan fingerprint density at radius 3 is 2.88 bits per heavy atom. The molecule has 24 heavy (non-hydrogen) atoms. The van der Waals surface area contributed by atoms with Crippen LogP contribution in [0.25, 0.3) is 0 Å². The Hall–Kier alpha value is -3.11. The summed E-state index contributed by atoms with van der Waals surface area (Å²) in [6.45, 7) is 5.11. The average molecular weight is 337 g/mol. The summed E-state index contributed by atoms with van der Waals surface area (Å²) < 4.78 is 16.0. The van der Waals surface area contributed by atoms with E-state index in [1.54, 1.807) is 6.92 Å². The minimum absolute atomic E-state index is 0.135. The Labute approximate surface area is 136 Å². The number of carbonyl (C=O) groups is 1. The van der Waals surface area contributed by atoms with Crippen molar-refractivity contribution in [2.45, 2.75) is 33.4 Å². The van der Waals surface area contributed by atoms with Gasteiger partial charge < -0.3 is 0 Å². The van der Waals surface area contributed by atoms with Crippen molar-refractivity contribution in [3.8, 4) is 0 Å². The molecule has 2 aromatic rings. The number of hydrogen-bond donors (Lipinski definition) is 1. The summed E-state index contributed by atoms with van der Waals surface area (Å²) >= 11 is 0. The van der Waals surface area contributed by atoms with E-state index in [2.05, 4.69) is 20.7 Å². The molecule has 2 heterocycles. The van der Waals surface area contributed by atoms with Crippen molar-refractivity contribution in [2.24, 2.45) is 5.10 Å². The molecule has 0 aliphatic heterocycles. The SMILES string of the molecule is CCn1ncc(/C=N/NC(=O)C(C)n2cc([N+](=O)[O-])c(C)n2)c1F. The fourth-order valence-electron chi connectivity index (χ4n) is 1.92. The molecule has 0 aliphatic rings. The van der Waals surface area contributed by atoms with Gasteiger partial charge in [0.05, 0.1) is 22.9 Å². The van der Waals surface area contributed by atoms with Gasteiger partial charge in [-0.1, -0.05) is 0 Å². The van der Waals surface area contributed by atoms with Crippen LogP contribution in [0.5, 0.6) is 0 Å². The van der Waals surface area contributed by atoms with Crippen molar-refractivity contribution < 1.29 is 14.1 Å². The van der Waals surface area contributed by atoms with Crippen LogP contribution in [0.4, 0.5) is 10.1 Å². The number of carbonyl (C=O) groups excluding carboxylic acids is 1. The molecule has 1 unspecified atom stereocenters. The summed E-state index contributed by atoms with van der Waals surface area (Å²) in [6.07, 6.45) is 3.60. The van der Waals surface area contributed by atoms with Crippen molar-refractivity contribution >= 4 is 17.8 Å². The van der Waals surface area contributed by atoms with E-state index in [9.17, 15) is 19.3 Å². The van der Waals surface area contributed by atoms with Crippen molar-refractivity contribution in [1.29, 1.82) is 0 Å². The maximum atomic E-state index is 13.7. The van der Waals surface area contributed by atoms with Gasteiger partial charge in [-0.15, -0.1) is 0 Å². The molecule has 0 spiro atoms. The molecule has 2 aromatic heterocycles. The number of nitro groups is 1. The smallest absolute Gasteiger partial charge is 0.271 e. The zero-order valence-corrected chi connectivity index (χ0v) is 13.3. The zero-order valence-electron chi connectivity index (χ0n) is 13.3. The molecule has 0 saturated carbocycles. The van der Waals surface area contributed by atoms with E-state index in [0.29, 0.717) is 6.54 Å². The normalized spacial score (nSPS) is 12.5. The fourth-order valence-corrected chi connectivity index (χ4v) is 1.92. The monoisotopic (exact) mass is 337 g/mol. The van der Waals surface area contributed by atoms with Crippen molar-refractivity contribution in [1.82, 2.24) is 25.0 Å². The van der Waals surface area contributed by atoms with E-state index in [1.807, 2.05) is 0 Å². The van der Waals surface area contributed by atoms with Gasteiger partial charge in [0.25, 0.3) is 5.91 Å². The van der Waals surface area contributed by atoms with Crippen LogP contribution < -0.4 is 5.43 Å². The van der Waals surface area contributed by atoms with Gasteiger partial charge in [0.15, 0.2) is 0 Å². The number of nitrogens with one attached hydrogen (secondary N) is 1. The molecule has 2 rings (SSSR count). The van der Waals surface area contributed by atoms with E-state index < -0.39 is 22.8 Å². The lowest BCUT2D eigenvalue weighted by Crippen LogP contribution is -2.27. The van der Waals surface area contributed by atoms with Gasteiger partial charge in [-0.25, -0.2) is 10.1 Å². The van der Waals surface area contributed by atoms with Crippen LogP contribution in [0.1, 0.15) is 31.1 Å². The first-order chi connectivity index (χ1) is 11.3. The van der Waals surface area contributed by atoms with Gasteiger partial charge >= 0.3 is 5.69 Å². The minimum atomic E-state index is -0.822. The van der Waals surface area contributed by atoms with Crippen molar-refractivity contribution in [3.63, 3.8) is 0 Å². The third-order valence-electron chi connectivity index (χ3n) is 3.34. The molecule has 128 valence electrons. The first-order valence-electron chi connectivity index (χ1n) is 7.09. The number of hydrogen-bond acceptors (Lipinski definition) is 6. The number of rotatable bonds is 6. The number of halogens is 1. The second kappa shape index (κ2) is 6.98. The summed E-state index contributed by atoms with van der Waals surface area (Å²) in [7, 11) is 0. The van der Waals surface area contributed by atoms with Crippen LogP contribution in [0.2, 0.25) is 0 Å². The Morgan fingerprint density at radius 2 is 2.33 bits per heavy atom. The standard InChI is InChI=1S/C13H16FN7O3/c1-4-19-12(14)10(6-16-19)5-15-17-13(22)9(3)20-7-11(21(23)24)8(2)18-20/h5-7,9H,4H2,1-3H3,(H,17,22)/b15-5+. The number of hydrazone groups is 1. The summed E-state index contributed by atoms with van der Waals surface area (Å²) in [6, 6.07) is -0.822. The van der Waals surface area contributed by atoms with Crippen LogP contribution in [0.3, 0.4) is 0 Å². The lowest BCUT2D eigenvalue weighted by atomic mass is 10.3. The zero-order chi connectivity index (χ0) is 17.9. The van der Waals surface area contributed by atoms with E-state index in [-0.39, 0.29) is 16.9 Å². The molecule has 1 amide bonds. The molecule has 0 bridgehead atoms. The lowest BCUT2D eigenvalue weighted by Gasteiger charge is -2.09. The number of amides is 1. The van der Waals surface area contributed by atoms with Gasteiger partial charge in [0.1, 0.15) is 17.9 Å². The van der Waals surface area contributed by atoms with Crippen LogP contribution in [0.15, 0.2) is 17.5 Å². The molecule has 0 radical (unpaired) electrons. The molecule has 1 N–H and O–H groups in total. The van der Waals surface area contributed by atoms with Gasteiger partial charge in [0.2, 0.25) is 5.95 Å². The molecule has 11 heteroatoms. The second-order valence-electron chi connectivity index (χ2n) is 4.95. The highest BCUT2D eigenvalue weighted by molar-refractivity contribution is 5.83.